The van der Waals surface area contributed by atoms with E-state index in [2.05, 4.69) is 26.8 Å². The quantitative estimate of drug-likeness (QED) is 0.200. The number of hydrogen-bond donors (Lipinski definition) is 2. The van der Waals surface area contributed by atoms with Gasteiger partial charge in [-0.05, 0) is 42.5 Å². The average Bonchev–Trinajstić information content (AvgIpc) is 3.52. The molecule has 4 aromatic rings. The minimum atomic E-state index is -0.615. The van der Waals surface area contributed by atoms with Crippen molar-refractivity contribution in [2.75, 3.05) is 0 Å². The van der Waals surface area contributed by atoms with Gasteiger partial charge in [-0.3, -0.25) is 30.6 Å². The van der Waals surface area contributed by atoms with Gasteiger partial charge in [-0.2, -0.15) is 0 Å². The second-order valence-corrected chi connectivity index (χ2v) is 7.87. The average molecular weight is 522 g/mol. The van der Waals surface area contributed by atoms with Gasteiger partial charge in [-0.15, -0.1) is 0 Å². The van der Waals surface area contributed by atoms with Crippen LogP contribution in [0, 0.1) is 10.1 Å². The Morgan fingerprint density at radius 1 is 0.882 bits per heavy atom. The number of hydrogen-bond acceptors (Lipinski definition) is 6. The molecule has 0 saturated heterocycles. The molecular weight excluding hydrogens is 506 g/mol. The van der Waals surface area contributed by atoms with Crippen molar-refractivity contribution in [3.63, 3.8) is 0 Å². The van der Waals surface area contributed by atoms with Crippen molar-refractivity contribution in [2.45, 2.75) is 0 Å². The van der Waals surface area contributed by atoms with Crippen LogP contribution >= 0.6 is 15.9 Å². The fourth-order valence-corrected chi connectivity index (χ4v) is 3.24. The number of rotatable bonds is 6. The number of non-ortho nitro benzene ring substituents is 1. The first-order valence-electron chi connectivity index (χ1n) is 9.88. The van der Waals surface area contributed by atoms with E-state index in [1.54, 1.807) is 30.3 Å². The van der Waals surface area contributed by atoms with Gasteiger partial charge in [-0.25, -0.2) is 0 Å². The van der Waals surface area contributed by atoms with Crippen LogP contribution < -0.4 is 10.9 Å². The van der Waals surface area contributed by atoms with Crippen LogP contribution in [0.15, 0.2) is 92.2 Å². The van der Waals surface area contributed by atoms with Gasteiger partial charge < -0.3 is 8.83 Å². The highest BCUT2D eigenvalue weighted by molar-refractivity contribution is 9.10. The van der Waals surface area contributed by atoms with Crippen LogP contribution in [0.2, 0.25) is 0 Å². The summed E-state index contributed by atoms with van der Waals surface area (Å²) in [6.45, 7) is 0. The summed E-state index contributed by atoms with van der Waals surface area (Å²) in [7, 11) is 0. The van der Waals surface area contributed by atoms with Crippen molar-refractivity contribution >= 4 is 39.5 Å². The third-order valence-electron chi connectivity index (χ3n) is 4.63. The molecule has 0 saturated carbocycles. The van der Waals surface area contributed by atoms with E-state index in [0.717, 1.165) is 10.0 Å². The molecule has 0 bridgehead atoms. The van der Waals surface area contributed by atoms with Gasteiger partial charge in [0.25, 0.3) is 11.6 Å². The van der Waals surface area contributed by atoms with Crippen LogP contribution in [0.25, 0.3) is 28.7 Å². The van der Waals surface area contributed by atoms with E-state index in [-0.39, 0.29) is 11.4 Å². The molecule has 2 aromatic heterocycles. The molecule has 170 valence electrons. The van der Waals surface area contributed by atoms with E-state index in [1.165, 1.54) is 30.4 Å². The maximum atomic E-state index is 12.2. The SMILES string of the molecule is O=C(C=Cc1ccc(-c2cccc([N+](=O)[O-])c2)o1)NNC(=O)c1ccc(-c2ccc(Br)cc2)o1. The van der Waals surface area contributed by atoms with Crippen molar-refractivity contribution in [3.05, 3.63) is 105 Å². The van der Waals surface area contributed by atoms with Crippen LogP contribution in [-0.2, 0) is 4.79 Å². The molecule has 0 aliphatic rings. The van der Waals surface area contributed by atoms with Gasteiger partial charge >= 0.3 is 5.91 Å². The van der Waals surface area contributed by atoms with E-state index < -0.39 is 16.7 Å². The van der Waals surface area contributed by atoms with E-state index in [0.29, 0.717) is 22.8 Å². The summed E-state index contributed by atoms with van der Waals surface area (Å²) in [4.78, 5) is 34.7. The number of furan rings is 2. The first kappa shape index (κ1) is 22.7. The largest absolute Gasteiger partial charge is 0.457 e. The van der Waals surface area contributed by atoms with E-state index in [9.17, 15) is 19.7 Å². The molecule has 4 rings (SSSR count). The van der Waals surface area contributed by atoms with E-state index in [4.69, 9.17) is 8.83 Å². The first-order chi connectivity index (χ1) is 16.4. The van der Waals surface area contributed by atoms with Gasteiger partial charge in [0.2, 0.25) is 0 Å². The second-order valence-electron chi connectivity index (χ2n) is 6.96. The van der Waals surface area contributed by atoms with Gasteiger partial charge in [0.05, 0.1) is 4.92 Å². The molecule has 0 aliphatic carbocycles. The molecule has 0 spiro atoms. The summed E-state index contributed by atoms with van der Waals surface area (Å²) < 4.78 is 12.1. The minimum Gasteiger partial charge on any atom is -0.457 e. The van der Waals surface area contributed by atoms with Crippen molar-refractivity contribution in [1.82, 2.24) is 10.9 Å². The third-order valence-corrected chi connectivity index (χ3v) is 5.15. The summed E-state index contributed by atoms with van der Waals surface area (Å²) in [5.74, 6) is 0.109. The predicted molar refractivity (Wildman–Crippen MR) is 127 cm³/mol. The van der Waals surface area contributed by atoms with Crippen molar-refractivity contribution in [3.8, 4) is 22.6 Å². The Labute approximate surface area is 201 Å². The molecule has 34 heavy (non-hydrogen) atoms. The Bertz CT molecular complexity index is 1390. The molecule has 0 fully saturated rings. The number of hydrazine groups is 1. The summed E-state index contributed by atoms with van der Waals surface area (Å²) >= 11 is 3.36. The van der Waals surface area contributed by atoms with Crippen LogP contribution in [-0.4, -0.2) is 16.7 Å². The van der Waals surface area contributed by atoms with Crippen LogP contribution in [0.5, 0.6) is 0 Å². The van der Waals surface area contributed by atoms with Crippen LogP contribution in [0.4, 0.5) is 5.69 Å². The molecule has 0 unspecified atom stereocenters. The van der Waals surface area contributed by atoms with Crippen molar-refractivity contribution in [2.24, 2.45) is 0 Å². The zero-order valence-corrected chi connectivity index (χ0v) is 18.9. The molecule has 0 atom stereocenters. The highest BCUT2D eigenvalue weighted by Gasteiger charge is 2.13. The number of nitro benzene ring substituents is 1. The number of halogens is 1. The highest BCUT2D eigenvalue weighted by Crippen LogP contribution is 2.26. The Kier molecular flexibility index (Phi) is 6.69. The number of carbonyl (C=O) groups is 2. The number of nitrogens with zero attached hydrogens (tertiary/aromatic N) is 1. The topological polar surface area (TPSA) is 128 Å². The summed E-state index contributed by atoms with van der Waals surface area (Å²) in [5.41, 5.74) is 5.81. The highest BCUT2D eigenvalue weighted by atomic mass is 79.9. The lowest BCUT2D eigenvalue weighted by Crippen LogP contribution is -2.40. The standard InChI is InChI=1S/C24H16BrN3O6/c25-17-6-4-15(5-7-17)20-11-12-22(34-20)24(30)27-26-23(29)13-9-19-8-10-21(33-19)16-2-1-3-18(14-16)28(31)32/h1-14H,(H,26,29)(H,27,30). The molecular formula is C24H16BrN3O6. The Morgan fingerprint density at radius 3 is 2.38 bits per heavy atom. The number of carbonyl (C=O) groups excluding carboxylic acids is 2. The third kappa shape index (κ3) is 5.48. The normalized spacial score (nSPS) is 10.9. The molecule has 0 radical (unpaired) electrons. The molecule has 10 heteroatoms. The minimum absolute atomic E-state index is 0.0369. The van der Waals surface area contributed by atoms with Gasteiger partial charge in [-0.1, -0.05) is 40.2 Å². The molecule has 9 nitrogen and oxygen atoms in total. The molecule has 2 aromatic carbocycles. The summed E-state index contributed by atoms with van der Waals surface area (Å²) in [6, 6.07) is 19.8. The second kappa shape index (κ2) is 10.0. The molecule has 2 heterocycles. The summed E-state index contributed by atoms with van der Waals surface area (Å²) in [5, 5.41) is 10.9. The van der Waals surface area contributed by atoms with E-state index in [1.807, 2.05) is 24.3 Å². The maximum absolute atomic E-state index is 12.2. The van der Waals surface area contributed by atoms with Gasteiger partial charge in [0.1, 0.15) is 17.3 Å². The fourth-order valence-electron chi connectivity index (χ4n) is 2.98. The number of amides is 2. The van der Waals surface area contributed by atoms with Crippen molar-refractivity contribution in [1.29, 1.82) is 0 Å². The van der Waals surface area contributed by atoms with E-state index >= 15 is 0 Å². The smallest absolute Gasteiger partial charge is 0.305 e. The molecule has 0 aliphatic heterocycles. The number of benzene rings is 2. The fraction of sp³-hybridized carbons (Fsp3) is 0. The lowest BCUT2D eigenvalue weighted by atomic mass is 10.1. The zero-order chi connectivity index (χ0) is 24.1. The Morgan fingerprint density at radius 2 is 1.62 bits per heavy atom. The van der Waals surface area contributed by atoms with Gasteiger partial charge in [0.15, 0.2) is 5.76 Å². The Hall–Kier alpha value is -4.44. The number of nitrogens with one attached hydrogen (secondary N) is 2. The Balaban J connectivity index is 1.32. The molecule has 2 N–H and O–H groups in total. The predicted octanol–water partition coefficient (Wildman–Crippen LogP) is 5.35. The lowest BCUT2D eigenvalue weighted by molar-refractivity contribution is -0.384. The molecule has 2 amide bonds. The van der Waals surface area contributed by atoms with Crippen LogP contribution in [0.3, 0.4) is 0 Å². The summed E-state index contributed by atoms with van der Waals surface area (Å²) in [6.07, 6.45) is 2.58. The maximum Gasteiger partial charge on any atom is 0.305 e. The monoisotopic (exact) mass is 521 g/mol. The van der Waals surface area contributed by atoms with Gasteiger partial charge in [0, 0.05) is 33.8 Å². The number of nitro groups is 1. The van der Waals surface area contributed by atoms with Crippen molar-refractivity contribution < 1.29 is 23.3 Å². The first-order valence-corrected chi connectivity index (χ1v) is 10.7. The lowest BCUT2D eigenvalue weighted by Gasteiger charge is -2.03. The zero-order valence-electron chi connectivity index (χ0n) is 17.4. The van der Waals surface area contributed by atoms with Crippen LogP contribution in [0.1, 0.15) is 16.3 Å².